The van der Waals surface area contributed by atoms with E-state index in [2.05, 4.69) is 36.0 Å². The first-order valence-corrected chi connectivity index (χ1v) is 5.42. The van der Waals surface area contributed by atoms with Crippen LogP contribution in [0.5, 0.6) is 0 Å². The number of carbonyl (C=O) groups is 1. The number of hydrogen-bond donors (Lipinski definition) is 1. The van der Waals surface area contributed by atoms with Crippen LogP contribution in [0.3, 0.4) is 0 Å². The summed E-state index contributed by atoms with van der Waals surface area (Å²) in [6, 6.07) is 6.36. The average molecular weight is 221 g/mol. The molecule has 0 heterocycles. The van der Waals surface area contributed by atoms with Gasteiger partial charge in [0.15, 0.2) is 0 Å². The molecular weight excluding hydrogens is 202 g/mol. The van der Waals surface area contributed by atoms with E-state index in [-0.39, 0.29) is 18.6 Å². The van der Waals surface area contributed by atoms with Crippen LogP contribution in [-0.4, -0.2) is 19.6 Å². The number of esters is 1. The van der Waals surface area contributed by atoms with Gasteiger partial charge in [0.2, 0.25) is 0 Å². The van der Waals surface area contributed by atoms with Crippen molar-refractivity contribution >= 4 is 5.97 Å². The number of methoxy groups -OCH3 is 1. The molecule has 0 fully saturated rings. The molecule has 0 bridgehead atoms. The summed E-state index contributed by atoms with van der Waals surface area (Å²) < 4.78 is 4.59. The number of benzene rings is 1. The summed E-state index contributed by atoms with van der Waals surface area (Å²) in [5.74, 6) is -0.239. The highest BCUT2D eigenvalue weighted by Crippen LogP contribution is 2.19. The molecule has 0 radical (unpaired) electrons. The molecule has 0 aliphatic carbocycles. The lowest BCUT2D eigenvalue weighted by Gasteiger charge is -2.17. The van der Waals surface area contributed by atoms with Crippen molar-refractivity contribution in [1.82, 2.24) is 5.32 Å². The number of carbonyl (C=O) groups excluding carboxylic acids is 1. The van der Waals surface area contributed by atoms with Crippen LogP contribution in [0, 0.1) is 13.8 Å². The monoisotopic (exact) mass is 221 g/mol. The molecule has 0 saturated carbocycles. The van der Waals surface area contributed by atoms with Gasteiger partial charge in [-0.25, -0.2) is 0 Å². The summed E-state index contributed by atoms with van der Waals surface area (Å²) >= 11 is 0. The van der Waals surface area contributed by atoms with Gasteiger partial charge in [-0.15, -0.1) is 0 Å². The average Bonchev–Trinajstić information content (AvgIpc) is 2.29. The molecule has 0 saturated heterocycles. The highest BCUT2D eigenvalue weighted by Gasteiger charge is 2.10. The van der Waals surface area contributed by atoms with E-state index in [0.29, 0.717) is 0 Å². The number of rotatable bonds is 4. The standard InChI is InChI=1S/C13H19NO2/c1-9-6-5-7-12(10(9)2)11(3)14-8-13(15)16-4/h5-7,11,14H,8H2,1-4H3/t11-/m1/s1. The van der Waals surface area contributed by atoms with Crippen molar-refractivity contribution in [3.8, 4) is 0 Å². The van der Waals surface area contributed by atoms with Crippen LogP contribution in [0.25, 0.3) is 0 Å². The molecule has 1 aromatic rings. The van der Waals surface area contributed by atoms with Crippen LogP contribution >= 0.6 is 0 Å². The smallest absolute Gasteiger partial charge is 0.319 e. The Morgan fingerprint density at radius 1 is 1.44 bits per heavy atom. The minimum Gasteiger partial charge on any atom is -0.468 e. The number of hydrogen-bond acceptors (Lipinski definition) is 3. The third-order valence-electron chi connectivity index (χ3n) is 2.89. The number of aryl methyl sites for hydroxylation is 1. The van der Waals surface area contributed by atoms with Crippen molar-refractivity contribution in [2.24, 2.45) is 0 Å². The Morgan fingerprint density at radius 3 is 2.75 bits per heavy atom. The normalized spacial score (nSPS) is 12.2. The molecule has 0 unspecified atom stereocenters. The zero-order valence-corrected chi connectivity index (χ0v) is 10.3. The predicted molar refractivity (Wildman–Crippen MR) is 64.3 cm³/mol. The SMILES string of the molecule is COC(=O)CN[C@H](C)c1cccc(C)c1C. The van der Waals surface area contributed by atoms with E-state index in [9.17, 15) is 4.79 Å². The Morgan fingerprint density at radius 2 is 2.12 bits per heavy atom. The van der Waals surface area contributed by atoms with E-state index in [4.69, 9.17) is 0 Å². The van der Waals surface area contributed by atoms with Gasteiger partial charge in [0.05, 0.1) is 13.7 Å². The number of ether oxygens (including phenoxy) is 1. The van der Waals surface area contributed by atoms with Gasteiger partial charge in [-0.05, 0) is 37.5 Å². The Kier molecular flexibility index (Phi) is 4.50. The molecule has 0 aromatic heterocycles. The fourth-order valence-electron chi connectivity index (χ4n) is 1.66. The van der Waals surface area contributed by atoms with E-state index < -0.39 is 0 Å². The van der Waals surface area contributed by atoms with E-state index in [1.807, 2.05) is 13.0 Å². The molecule has 1 N–H and O–H groups in total. The van der Waals surface area contributed by atoms with Gasteiger partial charge in [-0.1, -0.05) is 18.2 Å². The van der Waals surface area contributed by atoms with Crippen LogP contribution in [0.4, 0.5) is 0 Å². The maximum absolute atomic E-state index is 11.0. The van der Waals surface area contributed by atoms with Crippen LogP contribution in [0.15, 0.2) is 18.2 Å². The Labute approximate surface area is 96.8 Å². The first-order chi connectivity index (χ1) is 7.56. The zero-order chi connectivity index (χ0) is 12.1. The fourth-order valence-corrected chi connectivity index (χ4v) is 1.66. The van der Waals surface area contributed by atoms with Crippen LogP contribution < -0.4 is 5.32 Å². The number of nitrogens with one attached hydrogen (secondary N) is 1. The summed E-state index contributed by atoms with van der Waals surface area (Å²) in [6.07, 6.45) is 0. The Hall–Kier alpha value is -1.35. The van der Waals surface area contributed by atoms with E-state index in [1.54, 1.807) is 0 Å². The molecule has 16 heavy (non-hydrogen) atoms. The first kappa shape index (κ1) is 12.7. The molecule has 0 amide bonds. The molecular formula is C13H19NO2. The lowest BCUT2D eigenvalue weighted by Crippen LogP contribution is -2.27. The third kappa shape index (κ3) is 3.07. The third-order valence-corrected chi connectivity index (χ3v) is 2.89. The van der Waals surface area contributed by atoms with E-state index >= 15 is 0 Å². The van der Waals surface area contributed by atoms with Gasteiger partial charge in [-0.3, -0.25) is 4.79 Å². The lowest BCUT2D eigenvalue weighted by atomic mass is 9.98. The highest BCUT2D eigenvalue weighted by molar-refractivity contribution is 5.71. The molecule has 1 rings (SSSR count). The van der Waals surface area contributed by atoms with Crippen molar-refractivity contribution in [3.63, 3.8) is 0 Å². The molecule has 88 valence electrons. The molecule has 3 heteroatoms. The summed E-state index contributed by atoms with van der Waals surface area (Å²) in [5, 5.41) is 3.14. The van der Waals surface area contributed by atoms with Gasteiger partial charge in [0, 0.05) is 6.04 Å². The second-order valence-corrected chi connectivity index (χ2v) is 3.97. The van der Waals surface area contributed by atoms with Crippen molar-refractivity contribution in [2.45, 2.75) is 26.8 Å². The van der Waals surface area contributed by atoms with E-state index in [0.717, 1.165) is 0 Å². The van der Waals surface area contributed by atoms with E-state index in [1.165, 1.54) is 23.8 Å². The van der Waals surface area contributed by atoms with Gasteiger partial charge in [0.25, 0.3) is 0 Å². The second kappa shape index (κ2) is 5.66. The van der Waals surface area contributed by atoms with Crippen LogP contribution in [0.2, 0.25) is 0 Å². The van der Waals surface area contributed by atoms with Gasteiger partial charge >= 0.3 is 5.97 Å². The van der Waals surface area contributed by atoms with Crippen molar-refractivity contribution in [2.75, 3.05) is 13.7 Å². The highest BCUT2D eigenvalue weighted by atomic mass is 16.5. The van der Waals surface area contributed by atoms with Crippen molar-refractivity contribution in [1.29, 1.82) is 0 Å². The summed E-state index contributed by atoms with van der Waals surface area (Å²) in [5.41, 5.74) is 3.76. The second-order valence-electron chi connectivity index (χ2n) is 3.97. The zero-order valence-electron chi connectivity index (χ0n) is 10.3. The molecule has 1 atom stereocenters. The fraction of sp³-hybridized carbons (Fsp3) is 0.462. The largest absolute Gasteiger partial charge is 0.468 e. The summed E-state index contributed by atoms with van der Waals surface area (Å²) in [6.45, 7) is 6.47. The molecule has 1 aromatic carbocycles. The predicted octanol–water partition coefficient (Wildman–Crippen LogP) is 2.13. The summed E-state index contributed by atoms with van der Waals surface area (Å²) in [7, 11) is 1.40. The molecule has 3 nitrogen and oxygen atoms in total. The lowest BCUT2D eigenvalue weighted by molar-refractivity contribution is -0.139. The van der Waals surface area contributed by atoms with Gasteiger partial charge < -0.3 is 10.1 Å². The summed E-state index contributed by atoms with van der Waals surface area (Å²) in [4.78, 5) is 11.0. The van der Waals surface area contributed by atoms with Gasteiger partial charge in [0.1, 0.15) is 0 Å². The quantitative estimate of drug-likeness (QED) is 0.791. The maximum Gasteiger partial charge on any atom is 0.319 e. The molecule has 0 aliphatic heterocycles. The first-order valence-electron chi connectivity index (χ1n) is 5.42. The molecule has 0 spiro atoms. The van der Waals surface area contributed by atoms with Crippen molar-refractivity contribution in [3.05, 3.63) is 34.9 Å². The topological polar surface area (TPSA) is 38.3 Å². The van der Waals surface area contributed by atoms with Gasteiger partial charge in [-0.2, -0.15) is 0 Å². The molecule has 0 aliphatic rings. The Balaban J connectivity index is 2.69. The van der Waals surface area contributed by atoms with Crippen molar-refractivity contribution < 1.29 is 9.53 Å². The minimum atomic E-state index is -0.239. The van der Waals surface area contributed by atoms with Crippen LogP contribution in [-0.2, 0) is 9.53 Å². The maximum atomic E-state index is 11.0. The Bertz CT molecular complexity index is 374. The van der Waals surface area contributed by atoms with Crippen LogP contribution in [0.1, 0.15) is 29.7 Å². The minimum absolute atomic E-state index is 0.152.